The normalized spacial score (nSPS) is 11.6. The number of anilines is 2. The molecule has 0 saturated carbocycles. The Hall–Kier alpha value is -3.84. The molecule has 0 aliphatic carbocycles. The number of para-hydroxylation sites is 3. The fourth-order valence-electron chi connectivity index (χ4n) is 3.31. The number of rotatable bonds is 10. The molecule has 178 valence electrons. The van der Waals surface area contributed by atoms with Gasteiger partial charge in [-0.15, -0.1) is 0 Å². The summed E-state index contributed by atoms with van der Waals surface area (Å²) >= 11 is 0. The molecule has 0 spiro atoms. The van der Waals surface area contributed by atoms with Gasteiger partial charge in [0.2, 0.25) is 5.91 Å². The molecule has 2 N–H and O–H groups in total. The number of carbonyl (C=O) groups excluding carboxylic acids is 2. The van der Waals surface area contributed by atoms with Crippen molar-refractivity contribution in [1.82, 2.24) is 4.90 Å². The number of amides is 2. The first-order valence-corrected chi connectivity index (χ1v) is 11.1. The lowest BCUT2D eigenvalue weighted by Crippen LogP contribution is -2.41. The molecule has 3 aromatic carbocycles. The van der Waals surface area contributed by atoms with Crippen molar-refractivity contribution >= 4 is 23.2 Å². The molecule has 7 nitrogen and oxygen atoms in total. The Morgan fingerprint density at radius 1 is 0.912 bits per heavy atom. The Morgan fingerprint density at radius 2 is 1.56 bits per heavy atom. The van der Waals surface area contributed by atoms with Gasteiger partial charge in [-0.2, -0.15) is 0 Å². The number of carbonyl (C=O) groups is 2. The molecular weight excluding hydrogens is 430 g/mol. The van der Waals surface area contributed by atoms with Crippen molar-refractivity contribution in [2.45, 2.75) is 19.9 Å². The van der Waals surface area contributed by atoms with Crippen molar-refractivity contribution < 1.29 is 19.1 Å². The first-order chi connectivity index (χ1) is 16.4. The lowest BCUT2D eigenvalue weighted by molar-refractivity contribution is -0.120. The zero-order chi connectivity index (χ0) is 24.5. The second kappa shape index (κ2) is 11.9. The molecule has 3 aromatic rings. The third-order valence-electron chi connectivity index (χ3n) is 5.61. The first-order valence-electron chi connectivity index (χ1n) is 11.1. The molecule has 0 aliphatic rings. The SMILES string of the molecule is COc1ccccc1NC(=O)c1ccc(NC(=O)C(C)N(C)CCOc2ccccc2C)cc1. The van der Waals surface area contributed by atoms with E-state index in [1.165, 1.54) is 0 Å². The Morgan fingerprint density at radius 3 is 2.24 bits per heavy atom. The summed E-state index contributed by atoms with van der Waals surface area (Å²) in [4.78, 5) is 27.2. The maximum atomic E-state index is 12.7. The molecule has 7 heteroatoms. The standard InChI is InChI=1S/C27H31N3O4/c1-19-9-5-7-11-24(19)34-18-17-30(3)20(2)26(31)28-22-15-13-21(14-16-22)27(32)29-23-10-6-8-12-25(23)33-4/h5-16,20H,17-18H2,1-4H3,(H,28,31)(H,29,32). The molecule has 0 radical (unpaired) electrons. The maximum Gasteiger partial charge on any atom is 0.255 e. The fraction of sp³-hybridized carbons (Fsp3) is 0.259. The topological polar surface area (TPSA) is 79.9 Å². The largest absolute Gasteiger partial charge is 0.495 e. The van der Waals surface area contributed by atoms with E-state index in [9.17, 15) is 9.59 Å². The van der Waals surface area contributed by atoms with Gasteiger partial charge in [0.05, 0.1) is 18.8 Å². The molecular formula is C27H31N3O4. The Kier molecular flexibility index (Phi) is 8.65. The fourth-order valence-corrected chi connectivity index (χ4v) is 3.31. The molecule has 0 saturated heterocycles. The van der Waals surface area contributed by atoms with E-state index in [1.807, 2.05) is 62.2 Å². The average Bonchev–Trinajstić information content (AvgIpc) is 2.85. The van der Waals surface area contributed by atoms with Crippen LogP contribution in [0.15, 0.2) is 72.8 Å². The molecule has 34 heavy (non-hydrogen) atoms. The van der Waals surface area contributed by atoms with Gasteiger partial charge < -0.3 is 20.1 Å². The van der Waals surface area contributed by atoms with Crippen molar-refractivity contribution in [2.75, 3.05) is 37.9 Å². The van der Waals surface area contributed by atoms with Gasteiger partial charge in [-0.25, -0.2) is 0 Å². The number of hydrogen-bond acceptors (Lipinski definition) is 5. The smallest absolute Gasteiger partial charge is 0.255 e. The molecule has 0 fully saturated rings. The molecule has 0 aromatic heterocycles. The van der Waals surface area contributed by atoms with Gasteiger partial charge >= 0.3 is 0 Å². The van der Waals surface area contributed by atoms with E-state index in [-0.39, 0.29) is 17.9 Å². The monoisotopic (exact) mass is 461 g/mol. The summed E-state index contributed by atoms with van der Waals surface area (Å²) in [5.74, 6) is 1.04. The van der Waals surface area contributed by atoms with Crippen molar-refractivity contribution in [3.05, 3.63) is 83.9 Å². The van der Waals surface area contributed by atoms with Crippen LogP contribution in [0.4, 0.5) is 11.4 Å². The number of aryl methyl sites for hydroxylation is 1. The van der Waals surface area contributed by atoms with Crippen LogP contribution in [0, 0.1) is 6.92 Å². The lowest BCUT2D eigenvalue weighted by atomic mass is 10.1. The average molecular weight is 462 g/mol. The van der Waals surface area contributed by atoms with E-state index in [0.717, 1.165) is 11.3 Å². The quantitative estimate of drug-likeness (QED) is 0.462. The van der Waals surface area contributed by atoms with Crippen LogP contribution in [-0.4, -0.2) is 50.1 Å². The number of hydrogen-bond donors (Lipinski definition) is 2. The highest BCUT2D eigenvalue weighted by Gasteiger charge is 2.18. The third kappa shape index (κ3) is 6.59. The van der Waals surface area contributed by atoms with Gasteiger partial charge in [-0.3, -0.25) is 14.5 Å². The van der Waals surface area contributed by atoms with Crippen molar-refractivity contribution in [3.8, 4) is 11.5 Å². The summed E-state index contributed by atoms with van der Waals surface area (Å²) in [6.45, 7) is 4.93. The summed E-state index contributed by atoms with van der Waals surface area (Å²) < 4.78 is 11.1. The lowest BCUT2D eigenvalue weighted by Gasteiger charge is -2.24. The molecule has 0 bridgehead atoms. The molecule has 3 rings (SSSR count). The van der Waals surface area contributed by atoms with Crippen LogP contribution >= 0.6 is 0 Å². The van der Waals surface area contributed by atoms with Crippen LogP contribution in [0.25, 0.3) is 0 Å². The van der Waals surface area contributed by atoms with Crippen LogP contribution in [0.5, 0.6) is 11.5 Å². The second-order valence-corrected chi connectivity index (χ2v) is 7.99. The van der Waals surface area contributed by atoms with E-state index < -0.39 is 0 Å². The van der Waals surface area contributed by atoms with E-state index in [1.54, 1.807) is 43.5 Å². The van der Waals surface area contributed by atoms with Crippen molar-refractivity contribution in [2.24, 2.45) is 0 Å². The summed E-state index contributed by atoms with van der Waals surface area (Å²) in [6.07, 6.45) is 0. The molecule has 1 unspecified atom stereocenters. The van der Waals surface area contributed by atoms with E-state index in [2.05, 4.69) is 10.6 Å². The van der Waals surface area contributed by atoms with Gasteiger partial charge in [0.1, 0.15) is 18.1 Å². The minimum atomic E-state index is -0.353. The van der Waals surface area contributed by atoms with Gasteiger partial charge in [-0.05, 0) is 68.9 Å². The van der Waals surface area contributed by atoms with E-state index in [4.69, 9.17) is 9.47 Å². The Labute approximate surface area is 200 Å². The van der Waals surface area contributed by atoms with Crippen LogP contribution < -0.4 is 20.1 Å². The zero-order valence-electron chi connectivity index (χ0n) is 20.0. The van der Waals surface area contributed by atoms with Gasteiger partial charge in [-0.1, -0.05) is 30.3 Å². The highest BCUT2D eigenvalue weighted by Crippen LogP contribution is 2.24. The number of benzene rings is 3. The Bertz CT molecular complexity index is 1110. The number of nitrogens with one attached hydrogen (secondary N) is 2. The number of likely N-dealkylation sites (N-methyl/N-ethyl adjacent to an activating group) is 1. The highest BCUT2D eigenvalue weighted by atomic mass is 16.5. The van der Waals surface area contributed by atoms with Crippen molar-refractivity contribution in [3.63, 3.8) is 0 Å². The maximum absolute atomic E-state index is 12.7. The minimum absolute atomic E-state index is 0.135. The summed E-state index contributed by atoms with van der Waals surface area (Å²) in [5.41, 5.74) is 2.77. The second-order valence-electron chi connectivity index (χ2n) is 7.99. The number of nitrogens with zero attached hydrogens (tertiary/aromatic N) is 1. The van der Waals surface area contributed by atoms with Crippen LogP contribution in [0.3, 0.4) is 0 Å². The summed E-state index contributed by atoms with van der Waals surface area (Å²) in [6, 6.07) is 21.5. The van der Waals surface area contributed by atoms with Crippen LogP contribution in [0.1, 0.15) is 22.8 Å². The number of methoxy groups -OCH3 is 1. The van der Waals surface area contributed by atoms with Gasteiger partial charge in [0, 0.05) is 17.8 Å². The minimum Gasteiger partial charge on any atom is -0.495 e. The zero-order valence-corrected chi connectivity index (χ0v) is 20.0. The van der Waals surface area contributed by atoms with Gasteiger partial charge in [0.15, 0.2) is 0 Å². The molecule has 0 aliphatic heterocycles. The third-order valence-corrected chi connectivity index (χ3v) is 5.61. The number of ether oxygens (including phenoxy) is 2. The molecule has 0 heterocycles. The van der Waals surface area contributed by atoms with E-state index >= 15 is 0 Å². The van der Waals surface area contributed by atoms with Crippen molar-refractivity contribution in [1.29, 1.82) is 0 Å². The van der Waals surface area contributed by atoms with Crippen LogP contribution in [-0.2, 0) is 4.79 Å². The molecule has 1 atom stereocenters. The van der Waals surface area contributed by atoms with E-state index in [0.29, 0.717) is 35.8 Å². The first kappa shape index (κ1) is 24.8. The Balaban J connectivity index is 1.50. The molecule has 2 amide bonds. The highest BCUT2D eigenvalue weighted by molar-refractivity contribution is 6.05. The van der Waals surface area contributed by atoms with Crippen LogP contribution in [0.2, 0.25) is 0 Å². The van der Waals surface area contributed by atoms with Gasteiger partial charge in [0.25, 0.3) is 5.91 Å². The predicted octanol–water partition coefficient (Wildman–Crippen LogP) is 4.59. The summed E-state index contributed by atoms with van der Waals surface area (Å²) in [5, 5.41) is 5.74. The summed E-state index contributed by atoms with van der Waals surface area (Å²) in [7, 11) is 3.44. The predicted molar refractivity (Wildman–Crippen MR) is 135 cm³/mol.